The molecule has 0 unspecified atom stereocenters. The molecule has 2 aromatic rings. The Morgan fingerprint density at radius 1 is 1.17 bits per heavy atom. The van der Waals surface area contributed by atoms with Gasteiger partial charge in [-0.05, 0) is 18.4 Å². The monoisotopic (exact) mass is 310 g/mol. The van der Waals surface area contributed by atoms with Crippen molar-refractivity contribution >= 4 is 5.91 Å². The van der Waals surface area contributed by atoms with E-state index in [-0.39, 0.29) is 5.91 Å². The molecular formula is C18H22N4O. The van der Waals surface area contributed by atoms with Crippen LogP contribution in [-0.4, -0.2) is 50.7 Å². The maximum absolute atomic E-state index is 12.7. The molecule has 120 valence electrons. The van der Waals surface area contributed by atoms with Gasteiger partial charge in [-0.15, -0.1) is 0 Å². The number of benzene rings is 1. The van der Waals surface area contributed by atoms with Gasteiger partial charge in [0.25, 0.3) is 5.91 Å². The number of hydrogen-bond donors (Lipinski definition) is 0. The Balaban J connectivity index is 1.46. The molecule has 0 radical (unpaired) electrons. The minimum Gasteiger partial charge on any atom is -0.334 e. The zero-order chi connectivity index (χ0) is 15.8. The van der Waals surface area contributed by atoms with Crippen LogP contribution in [0.15, 0.2) is 42.7 Å². The summed E-state index contributed by atoms with van der Waals surface area (Å²) in [6.45, 7) is 2.91. The fraction of sp³-hybridized carbons (Fsp3) is 0.444. The molecule has 2 saturated heterocycles. The van der Waals surface area contributed by atoms with Crippen molar-refractivity contribution in [2.75, 3.05) is 13.1 Å². The highest BCUT2D eigenvalue weighted by atomic mass is 16.2. The minimum absolute atomic E-state index is 0.132. The third-order valence-electron chi connectivity index (χ3n) is 5.13. The maximum Gasteiger partial charge on any atom is 0.257 e. The Labute approximate surface area is 136 Å². The summed E-state index contributed by atoms with van der Waals surface area (Å²) in [6, 6.07) is 11.5. The summed E-state index contributed by atoms with van der Waals surface area (Å²) in [5.74, 6) is 0.132. The molecule has 1 aromatic heterocycles. The lowest BCUT2D eigenvalue weighted by Gasteiger charge is -2.25. The second-order valence-corrected chi connectivity index (χ2v) is 6.57. The molecule has 2 aliphatic rings. The van der Waals surface area contributed by atoms with Crippen LogP contribution in [0.2, 0.25) is 0 Å². The van der Waals surface area contributed by atoms with E-state index in [1.54, 1.807) is 10.9 Å². The van der Waals surface area contributed by atoms with E-state index in [9.17, 15) is 4.79 Å². The van der Waals surface area contributed by atoms with E-state index in [2.05, 4.69) is 45.2 Å². The lowest BCUT2D eigenvalue weighted by Crippen LogP contribution is -2.39. The van der Waals surface area contributed by atoms with Gasteiger partial charge in [-0.25, -0.2) is 0 Å². The van der Waals surface area contributed by atoms with Crippen molar-refractivity contribution in [1.29, 1.82) is 0 Å². The average Bonchev–Trinajstić information content (AvgIpc) is 3.25. The van der Waals surface area contributed by atoms with E-state index in [1.807, 2.05) is 13.2 Å². The van der Waals surface area contributed by atoms with Crippen molar-refractivity contribution in [2.24, 2.45) is 7.05 Å². The molecule has 0 bridgehead atoms. The number of fused-ring (bicyclic) bond motifs is 1. The molecular weight excluding hydrogens is 288 g/mol. The number of carbonyl (C=O) groups is 1. The summed E-state index contributed by atoms with van der Waals surface area (Å²) in [4.78, 5) is 17.3. The van der Waals surface area contributed by atoms with E-state index in [4.69, 9.17) is 0 Å². The lowest BCUT2D eigenvalue weighted by atomic mass is 10.1. The van der Waals surface area contributed by atoms with Crippen LogP contribution in [0.3, 0.4) is 0 Å². The number of rotatable bonds is 3. The van der Waals surface area contributed by atoms with Crippen LogP contribution >= 0.6 is 0 Å². The van der Waals surface area contributed by atoms with Crippen LogP contribution in [0.4, 0.5) is 0 Å². The highest BCUT2D eigenvalue weighted by molar-refractivity contribution is 5.94. The second kappa shape index (κ2) is 5.81. The molecule has 1 aromatic carbocycles. The fourth-order valence-corrected chi connectivity index (χ4v) is 4.04. The highest BCUT2D eigenvalue weighted by Gasteiger charge is 2.44. The fourth-order valence-electron chi connectivity index (χ4n) is 4.04. The molecule has 5 nitrogen and oxygen atoms in total. The van der Waals surface area contributed by atoms with Gasteiger partial charge in [0.2, 0.25) is 0 Å². The summed E-state index contributed by atoms with van der Waals surface area (Å²) in [6.07, 6.45) is 5.63. The van der Waals surface area contributed by atoms with E-state index in [0.717, 1.165) is 32.5 Å². The van der Waals surface area contributed by atoms with E-state index >= 15 is 0 Å². The standard InChI is InChI=1S/C18H22N4O/c1-20-13-15(11-19-20)18(23)22-10-8-16-17(22)7-9-21(16)12-14-5-3-2-4-6-14/h2-6,11,13,16-17H,7-10,12H2,1H3/t16-,17+/m1/s1. The van der Waals surface area contributed by atoms with Gasteiger partial charge in [0.05, 0.1) is 11.8 Å². The van der Waals surface area contributed by atoms with E-state index in [1.165, 1.54) is 5.56 Å². The van der Waals surface area contributed by atoms with Gasteiger partial charge in [0, 0.05) is 45.0 Å². The molecule has 1 amide bonds. The predicted molar refractivity (Wildman–Crippen MR) is 87.9 cm³/mol. The Kier molecular flexibility index (Phi) is 3.65. The van der Waals surface area contributed by atoms with Crippen molar-refractivity contribution in [2.45, 2.75) is 31.5 Å². The number of nitrogens with zero attached hydrogens (tertiary/aromatic N) is 4. The zero-order valence-corrected chi connectivity index (χ0v) is 13.4. The summed E-state index contributed by atoms with van der Waals surface area (Å²) in [7, 11) is 1.85. The molecule has 2 atom stereocenters. The largest absolute Gasteiger partial charge is 0.334 e. The second-order valence-electron chi connectivity index (χ2n) is 6.57. The van der Waals surface area contributed by atoms with Gasteiger partial charge < -0.3 is 4.90 Å². The Morgan fingerprint density at radius 2 is 1.96 bits per heavy atom. The number of carbonyl (C=O) groups excluding carboxylic acids is 1. The van der Waals surface area contributed by atoms with Gasteiger partial charge in [-0.2, -0.15) is 5.10 Å². The first-order chi connectivity index (χ1) is 11.2. The first-order valence-electron chi connectivity index (χ1n) is 8.30. The van der Waals surface area contributed by atoms with Crippen molar-refractivity contribution in [3.8, 4) is 0 Å². The van der Waals surface area contributed by atoms with Crippen molar-refractivity contribution in [1.82, 2.24) is 19.6 Å². The smallest absolute Gasteiger partial charge is 0.257 e. The van der Waals surface area contributed by atoms with Crippen LogP contribution in [-0.2, 0) is 13.6 Å². The van der Waals surface area contributed by atoms with Gasteiger partial charge in [-0.3, -0.25) is 14.4 Å². The van der Waals surface area contributed by atoms with Gasteiger partial charge in [0.15, 0.2) is 0 Å². The summed E-state index contributed by atoms with van der Waals surface area (Å²) < 4.78 is 1.69. The lowest BCUT2D eigenvalue weighted by molar-refractivity contribution is 0.0732. The molecule has 0 aliphatic carbocycles. The molecule has 0 spiro atoms. The average molecular weight is 310 g/mol. The highest BCUT2D eigenvalue weighted by Crippen LogP contribution is 2.33. The molecule has 0 N–H and O–H groups in total. The van der Waals surface area contributed by atoms with Crippen LogP contribution < -0.4 is 0 Å². The normalized spacial score (nSPS) is 24.1. The van der Waals surface area contributed by atoms with Gasteiger partial charge in [0.1, 0.15) is 0 Å². The van der Waals surface area contributed by atoms with Crippen molar-refractivity contribution in [3.63, 3.8) is 0 Å². The Hall–Kier alpha value is -2.14. The summed E-state index contributed by atoms with van der Waals surface area (Å²) >= 11 is 0. The quantitative estimate of drug-likeness (QED) is 0.869. The summed E-state index contributed by atoms with van der Waals surface area (Å²) in [5.41, 5.74) is 2.06. The van der Waals surface area contributed by atoms with Crippen molar-refractivity contribution < 1.29 is 4.79 Å². The third kappa shape index (κ3) is 2.65. The Bertz CT molecular complexity index is 696. The molecule has 3 heterocycles. The number of hydrogen-bond acceptors (Lipinski definition) is 3. The first kappa shape index (κ1) is 14.5. The van der Waals surface area contributed by atoms with Gasteiger partial charge in [-0.1, -0.05) is 30.3 Å². The topological polar surface area (TPSA) is 41.4 Å². The molecule has 2 fully saturated rings. The van der Waals surface area contributed by atoms with Crippen LogP contribution in [0.25, 0.3) is 0 Å². The maximum atomic E-state index is 12.7. The SMILES string of the molecule is Cn1cc(C(=O)N2CC[C@@H]3[C@@H]2CCN3Cc2ccccc2)cn1. The number of aryl methyl sites for hydroxylation is 1. The number of amides is 1. The molecule has 0 saturated carbocycles. The summed E-state index contributed by atoms with van der Waals surface area (Å²) in [5, 5.41) is 4.12. The van der Waals surface area contributed by atoms with Gasteiger partial charge >= 0.3 is 0 Å². The third-order valence-corrected chi connectivity index (χ3v) is 5.13. The number of aromatic nitrogens is 2. The van der Waals surface area contributed by atoms with E-state index in [0.29, 0.717) is 17.6 Å². The Morgan fingerprint density at radius 3 is 2.70 bits per heavy atom. The number of likely N-dealkylation sites (tertiary alicyclic amines) is 2. The molecule has 2 aliphatic heterocycles. The molecule has 5 heteroatoms. The van der Waals surface area contributed by atoms with Crippen LogP contribution in [0, 0.1) is 0 Å². The predicted octanol–water partition coefficient (Wildman–Crippen LogP) is 1.91. The zero-order valence-electron chi connectivity index (χ0n) is 13.4. The first-order valence-corrected chi connectivity index (χ1v) is 8.30. The molecule has 23 heavy (non-hydrogen) atoms. The van der Waals surface area contributed by atoms with Crippen LogP contribution in [0.5, 0.6) is 0 Å². The minimum atomic E-state index is 0.132. The molecule has 4 rings (SSSR count). The van der Waals surface area contributed by atoms with Crippen molar-refractivity contribution in [3.05, 3.63) is 53.9 Å². The van der Waals surface area contributed by atoms with E-state index < -0.39 is 0 Å². The van der Waals surface area contributed by atoms with Crippen LogP contribution in [0.1, 0.15) is 28.8 Å².